The monoisotopic (exact) mass is 464 g/mol. The lowest BCUT2D eigenvalue weighted by molar-refractivity contribution is -0.0179. The number of hydrogen-bond acceptors (Lipinski definition) is 6. The molecule has 0 amide bonds. The molecule has 3 aromatic rings. The highest BCUT2D eigenvalue weighted by Crippen LogP contribution is 2.38. The number of likely N-dealkylation sites (tertiary alicyclic amines) is 1. The summed E-state index contributed by atoms with van der Waals surface area (Å²) in [5, 5.41) is 14.8. The standard InChI is InChI=1S/C26H36N6O2/c1-17(2)32-25(27-16-28-32)22-15-31-12-13-34-23-7-6-19(14-21(23)24(31)29-22)18(3)30-10-8-20(9-11-30)26(4,5)33/h6-7,14-18,20,33H,8-13H2,1-5H3/t18-/m0/s1. The molecule has 0 radical (unpaired) electrons. The number of benzene rings is 1. The van der Waals surface area contributed by atoms with Crippen LogP contribution in [-0.2, 0) is 6.54 Å². The molecule has 4 heterocycles. The summed E-state index contributed by atoms with van der Waals surface area (Å²) in [6.45, 7) is 13.7. The number of rotatable bonds is 5. The van der Waals surface area contributed by atoms with E-state index in [0.717, 1.165) is 61.1 Å². The zero-order valence-electron chi connectivity index (χ0n) is 20.9. The average Bonchev–Trinajstić information content (AvgIpc) is 3.42. The van der Waals surface area contributed by atoms with Crippen molar-refractivity contribution in [1.29, 1.82) is 0 Å². The van der Waals surface area contributed by atoms with Gasteiger partial charge in [-0.25, -0.2) is 14.6 Å². The average molecular weight is 465 g/mol. The first kappa shape index (κ1) is 23.1. The number of nitrogens with zero attached hydrogens (tertiary/aromatic N) is 6. The molecule has 5 rings (SSSR count). The highest BCUT2D eigenvalue weighted by Gasteiger charge is 2.32. The second-order valence-electron chi connectivity index (χ2n) is 10.5. The van der Waals surface area contributed by atoms with Crippen LogP contribution in [0.4, 0.5) is 0 Å². The van der Waals surface area contributed by atoms with Gasteiger partial charge in [-0.05, 0) is 84.2 Å². The zero-order valence-corrected chi connectivity index (χ0v) is 20.9. The van der Waals surface area contributed by atoms with Crippen LogP contribution < -0.4 is 4.74 Å². The van der Waals surface area contributed by atoms with Gasteiger partial charge in [0.25, 0.3) is 0 Å². The van der Waals surface area contributed by atoms with Gasteiger partial charge in [-0.2, -0.15) is 5.10 Å². The third-order valence-corrected chi connectivity index (χ3v) is 7.46. The third kappa shape index (κ3) is 4.25. The second-order valence-corrected chi connectivity index (χ2v) is 10.5. The molecule has 182 valence electrons. The first-order chi connectivity index (χ1) is 16.2. The van der Waals surface area contributed by atoms with E-state index in [2.05, 4.69) is 64.7 Å². The van der Waals surface area contributed by atoms with Gasteiger partial charge in [0, 0.05) is 18.3 Å². The quantitative estimate of drug-likeness (QED) is 0.605. The van der Waals surface area contributed by atoms with Gasteiger partial charge in [0.15, 0.2) is 5.82 Å². The van der Waals surface area contributed by atoms with Gasteiger partial charge in [0.05, 0.1) is 17.7 Å². The van der Waals surface area contributed by atoms with E-state index in [4.69, 9.17) is 9.72 Å². The van der Waals surface area contributed by atoms with Crippen LogP contribution in [-0.4, -0.2) is 59.6 Å². The lowest BCUT2D eigenvalue weighted by atomic mass is 9.82. The van der Waals surface area contributed by atoms with Crippen molar-refractivity contribution in [1.82, 2.24) is 29.2 Å². The highest BCUT2D eigenvalue weighted by atomic mass is 16.5. The lowest BCUT2D eigenvalue weighted by Gasteiger charge is -2.40. The molecule has 1 aromatic carbocycles. The molecule has 2 aliphatic heterocycles. The van der Waals surface area contributed by atoms with Crippen molar-refractivity contribution in [3.63, 3.8) is 0 Å². The second kappa shape index (κ2) is 8.82. The molecule has 1 N–H and O–H groups in total. The molecule has 0 spiro atoms. The summed E-state index contributed by atoms with van der Waals surface area (Å²) in [5.74, 6) is 2.93. The maximum Gasteiger partial charge on any atom is 0.178 e. The predicted molar refractivity (Wildman–Crippen MR) is 132 cm³/mol. The van der Waals surface area contributed by atoms with Crippen molar-refractivity contribution in [3.05, 3.63) is 36.3 Å². The highest BCUT2D eigenvalue weighted by molar-refractivity contribution is 5.69. The van der Waals surface area contributed by atoms with Gasteiger partial charge in [0.1, 0.15) is 30.2 Å². The fourth-order valence-electron chi connectivity index (χ4n) is 5.29. The minimum Gasteiger partial charge on any atom is -0.491 e. The van der Waals surface area contributed by atoms with E-state index in [1.807, 2.05) is 18.5 Å². The molecule has 0 saturated carbocycles. The smallest absolute Gasteiger partial charge is 0.178 e. The summed E-state index contributed by atoms with van der Waals surface area (Å²) in [6, 6.07) is 7.00. The summed E-state index contributed by atoms with van der Waals surface area (Å²) in [6.07, 6.45) is 5.70. The van der Waals surface area contributed by atoms with Crippen LogP contribution in [0.3, 0.4) is 0 Å². The molecule has 0 unspecified atom stereocenters. The lowest BCUT2D eigenvalue weighted by Crippen LogP contribution is -2.42. The molecule has 1 saturated heterocycles. The Morgan fingerprint density at radius 3 is 2.56 bits per heavy atom. The van der Waals surface area contributed by atoms with Crippen LogP contribution in [0.5, 0.6) is 5.75 Å². The van der Waals surface area contributed by atoms with Crippen LogP contribution in [0, 0.1) is 5.92 Å². The topological polar surface area (TPSA) is 81.2 Å². The Morgan fingerprint density at radius 2 is 1.85 bits per heavy atom. The van der Waals surface area contributed by atoms with Gasteiger partial charge >= 0.3 is 0 Å². The number of aliphatic hydroxyl groups is 1. The van der Waals surface area contributed by atoms with Crippen LogP contribution in [0.25, 0.3) is 22.9 Å². The first-order valence-corrected chi connectivity index (χ1v) is 12.4. The molecular weight excluding hydrogens is 428 g/mol. The Balaban J connectivity index is 1.44. The molecule has 0 bridgehead atoms. The molecule has 34 heavy (non-hydrogen) atoms. The van der Waals surface area contributed by atoms with Crippen molar-refractivity contribution in [2.24, 2.45) is 5.92 Å². The Hall–Kier alpha value is -2.71. The molecule has 8 heteroatoms. The predicted octanol–water partition coefficient (Wildman–Crippen LogP) is 4.33. The minimum atomic E-state index is -0.606. The van der Waals surface area contributed by atoms with Crippen LogP contribution in [0.2, 0.25) is 0 Å². The van der Waals surface area contributed by atoms with Crippen LogP contribution in [0.15, 0.2) is 30.7 Å². The van der Waals surface area contributed by atoms with E-state index < -0.39 is 5.60 Å². The molecule has 2 aliphatic rings. The number of ether oxygens (including phenoxy) is 1. The Bertz CT molecular complexity index is 1150. The van der Waals surface area contributed by atoms with E-state index in [9.17, 15) is 5.11 Å². The van der Waals surface area contributed by atoms with Crippen molar-refractivity contribution in [3.8, 4) is 28.7 Å². The number of imidazole rings is 1. The third-order valence-electron chi connectivity index (χ3n) is 7.46. The first-order valence-electron chi connectivity index (χ1n) is 12.4. The molecule has 1 fully saturated rings. The van der Waals surface area contributed by atoms with Crippen molar-refractivity contribution in [2.45, 2.75) is 71.7 Å². The van der Waals surface area contributed by atoms with Gasteiger partial charge in [-0.15, -0.1) is 0 Å². The number of hydrogen-bond donors (Lipinski definition) is 1. The molecular formula is C26H36N6O2. The zero-order chi connectivity index (χ0) is 24.0. The van der Waals surface area contributed by atoms with E-state index in [-0.39, 0.29) is 12.1 Å². The molecule has 1 atom stereocenters. The van der Waals surface area contributed by atoms with Gasteiger partial charge in [-0.3, -0.25) is 4.90 Å². The van der Waals surface area contributed by atoms with Crippen LogP contribution >= 0.6 is 0 Å². The van der Waals surface area contributed by atoms with Gasteiger partial charge in [0.2, 0.25) is 0 Å². The maximum absolute atomic E-state index is 10.4. The van der Waals surface area contributed by atoms with E-state index >= 15 is 0 Å². The summed E-state index contributed by atoms with van der Waals surface area (Å²) >= 11 is 0. The van der Waals surface area contributed by atoms with Crippen molar-refractivity contribution < 1.29 is 9.84 Å². The van der Waals surface area contributed by atoms with E-state index in [1.54, 1.807) is 6.33 Å². The Labute approximate surface area is 201 Å². The van der Waals surface area contributed by atoms with E-state index in [0.29, 0.717) is 12.5 Å². The Morgan fingerprint density at radius 1 is 1.09 bits per heavy atom. The minimum absolute atomic E-state index is 0.211. The SMILES string of the molecule is CC(C)n1ncnc1-c1cn2c(n1)-c1cc([C@H](C)N3CCC(C(C)(C)O)CC3)ccc1OCC2. The van der Waals surface area contributed by atoms with Crippen molar-refractivity contribution in [2.75, 3.05) is 19.7 Å². The van der Waals surface area contributed by atoms with Crippen LogP contribution in [0.1, 0.15) is 65.1 Å². The Kier molecular flexibility index (Phi) is 5.98. The molecule has 8 nitrogen and oxygen atoms in total. The summed E-state index contributed by atoms with van der Waals surface area (Å²) < 4.78 is 10.2. The fraction of sp³-hybridized carbons (Fsp3) is 0.577. The summed E-state index contributed by atoms with van der Waals surface area (Å²) in [5.41, 5.74) is 2.51. The van der Waals surface area contributed by atoms with Gasteiger partial charge < -0.3 is 14.4 Å². The molecule has 2 aromatic heterocycles. The fourth-order valence-corrected chi connectivity index (χ4v) is 5.29. The number of piperidine rings is 1. The summed E-state index contributed by atoms with van der Waals surface area (Å²) in [7, 11) is 0. The molecule has 0 aliphatic carbocycles. The largest absolute Gasteiger partial charge is 0.491 e. The number of fused-ring (bicyclic) bond motifs is 3. The normalized spacial score (nSPS) is 18.3. The van der Waals surface area contributed by atoms with Crippen molar-refractivity contribution >= 4 is 0 Å². The van der Waals surface area contributed by atoms with Gasteiger partial charge in [-0.1, -0.05) is 6.07 Å². The summed E-state index contributed by atoms with van der Waals surface area (Å²) in [4.78, 5) is 12.0. The number of aromatic nitrogens is 5. The maximum atomic E-state index is 10.4. The van der Waals surface area contributed by atoms with E-state index in [1.165, 1.54) is 5.56 Å².